The van der Waals surface area contributed by atoms with Gasteiger partial charge in [-0.1, -0.05) is 32.4 Å². The predicted octanol–water partition coefficient (Wildman–Crippen LogP) is 5.00. The van der Waals surface area contributed by atoms with Gasteiger partial charge in [-0.05, 0) is 40.2 Å². The summed E-state index contributed by atoms with van der Waals surface area (Å²) in [7, 11) is 0. The second-order valence-corrected chi connectivity index (χ2v) is 6.52. The van der Waals surface area contributed by atoms with Gasteiger partial charge in [-0.25, -0.2) is 14.4 Å². The molecule has 0 atom stereocenters. The molecule has 0 spiro atoms. The lowest BCUT2D eigenvalue weighted by Crippen LogP contribution is -2.16. The van der Waals surface area contributed by atoms with Crippen LogP contribution in [0, 0.1) is 5.82 Å². The van der Waals surface area contributed by atoms with Crippen LogP contribution < -0.4 is 0 Å². The van der Waals surface area contributed by atoms with E-state index in [-0.39, 0.29) is 5.41 Å². The highest BCUT2D eigenvalue weighted by Crippen LogP contribution is 2.28. The Bertz CT molecular complexity index is 623. The highest BCUT2D eigenvalue weighted by atomic mass is 79.9. The normalized spacial score (nSPS) is 11.7. The Morgan fingerprint density at radius 3 is 2.42 bits per heavy atom. The van der Waals surface area contributed by atoms with E-state index in [1.165, 1.54) is 6.07 Å². The van der Waals surface area contributed by atoms with Gasteiger partial charge in [0.2, 0.25) is 0 Å². The number of benzene rings is 1. The van der Waals surface area contributed by atoms with Crippen molar-refractivity contribution in [1.82, 2.24) is 9.97 Å². The Labute approximate surface area is 125 Å². The van der Waals surface area contributed by atoms with Gasteiger partial charge in [0, 0.05) is 16.0 Å². The van der Waals surface area contributed by atoms with Crippen molar-refractivity contribution in [1.29, 1.82) is 0 Å². The monoisotopic (exact) mass is 342 g/mol. The molecule has 1 aromatic carbocycles. The van der Waals surface area contributed by atoms with E-state index in [4.69, 9.17) is 11.6 Å². The first-order valence-electron chi connectivity index (χ1n) is 5.78. The van der Waals surface area contributed by atoms with Crippen LogP contribution >= 0.6 is 27.5 Å². The van der Waals surface area contributed by atoms with Crippen LogP contribution in [0.25, 0.3) is 11.3 Å². The largest absolute Gasteiger partial charge is 0.232 e. The Kier molecular flexibility index (Phi) is 3.92. The van der Waals surface area contributed by atoms with Crippen molar-refractivity contribution in [2.24, 2.45) is 0 Å². The molecule has 5 heteroatoms. The van der Waals surface area contributed by atoms with Gasteiger partial charge < -0.3 is 0 Å². The molecule has 0 radical (unpaired) electrons. The second kappa shape index (κ2) is 5.17. The summed E-state index contributed by atoms with van der Waals surface area (Å²) >= 11 is 9.10. The lowest BCUT2D eigenvalue weighted by atomic mass is 9.95. The second-order valence-electron chi connectivity index (χ2n) is 5.27. The number of hydrogen-bond acceptors (Lipinski definition) is 2. The van der Waals surface area contributed by atoms with E-state index in [1.807, 2.05) is 20.8 Å². The molecular weight excluding hydrogens is 331 g/mol. The summed E-state index contributed by atoms with van der Waals surface area (Å²) in [5, 5.41) is 0.366. The van der Waals surface area contributed by atoms with Crippen LogP contribution in [0.5, 0.6) is 0 Å². The van der Waals surface area contributed by atoms with Gasteiger partial charge in [0.25, 0.3) is 0 Å². The van der Waals surface area contributed by atoms with E-state index in [0.29, 0.717) is 26.7 Å². The molecule has 0 bridgehead atoms. The van der Waals surface area contributed by atoms with Crippen LogP contribution in [-0.4, -0.2) is 9.97 Å². The van der Waals surface area contributed by atoms with Crippen LogP contribution in [0.15, 0.2) is 28.9 Å². The van der Waals surface area contributed by atoms with Crippen molar-refractivity contribution in [3.05, 3.63) is 45.5 Å². The van der Waals surface area contributed by atoms with Crippen LogP contribution in [-0.2, 0) is 5.41 Å². The standard InChI is InChI=1S/C14H13BrClFN2/c1-14(2,3)13-18-11(7-12(15)19-13)9-5-4-8(16)6-10(9)17/h4-7H,1-3H3. The maximum Gasteiger partial charge on any atom is 0.135 e. The van der Waals surface area contributed by atoms with Crippen molar-refractivity contribution in [2.45, 2.75) is 26.2 Å². The van der Waals surface area contributed by atoms with Gasteiger partial charge in [-0.15, -0.1) is 0 Å². The quantitative estimate of drug-likeness (QED) is 0.681. The van der Waals surface area contributed by atoms with E-state index in [2.05, 4.69) is 25.9 Å². The van der Waals surface area contributed by atoms with Gasteiger partial charge in [-0.2, -0.15) is 0 Å². The summed E-state index contributed by atoms with van der Waals surface area (Å²) in [5.41, 5.74) is 0.750. The third-order valence-corrected chi connectivity index (χ3v) is 3.21. The summed E-state index contributed by atoms with van der Waals surface area (Å²) in [6.45, 7) is 6.03. The van der Waals surface area contributed by atoms with Crippen molar-refractivity contribution < 1.29 is 4.39 Å². The first-order valence-corrected chi connectivity index (χ1v) is 6.95. The average Bonchev–Trinajstić information content (AvgIpc) is 2.26. The van der Waals surface area contributed by atoms with Gasteiger partial charge in [0.15, 0.2) is 0 Å². The van der Waals surface area contributed by atoms with Gasteiger partial charge in [0.05, 0.1) is 5.69 Å². The Hall–Kier alpha value is -1.00. The SMILES string of the molecule is CC(C)(C)c1nc(Br)cc(-c2ccc(Cl)cc2F)n1. The molecule has 0 aliphatic rings. The number of rotatable bonds is 1. The van der Waals surface area contributed by atoms with Crippen LogP contribution in [0.4, 0.5) is 4.39 Å². The number of nitrogens with zero attached hydrogens (tertiary/aromatic N) is 2. The van der Waals surface area contributed by atoms with Crippen molar-refractivity contribution >= 4 is 27.5 Å². The lowest BCUT2D eigenvalue weighted by molar-refractivity contribution is 0.544. The third-order valence-electron chi connectivity index (χ3n) is 2.57. The Morgan fingerprint density at radius 1 is 1.16 bits per heavy atom. The zero-order valence-electron chi connectivity index (χ0n) is 10.8. The molecule has 0 aliphatic carbocycles. The minimum atomic E-state index is -0.391. The lowest BCUT2D eigenvalue weighted by Gasteiger charge is -2.17. The average molecular weight is 344 g/mol. The van der Waals surface area contributed by atoms with Crippen LogP contribution in [0.3, 0.4) is 0 Å². The van der Waals surface area contributed by atoms with Crippen molar-refractivity contribution in [3.8, 4) is 11.3 Å². The third kappa shape index (κ3) is 3.31. The zero-order valence-corrected chi connectivity index (χ0v) is 13.2. The van der Waals surface area contributed by atoms with Crippen molar-refractivity contribution in [3.63, 3.8) is 0 Å². The first-order chi connectivity index (χ1) is 8.77. The summed E-state index contributed by atoms with van der Waals surface area (Å²) in [5.74, 6) is 0.268. The van der Waals surface area contributed by atoms with Crippen LogP contribution in [0.1, 0.15) is 26.6 Å². The summed E-state index contributed by atoms with van der Waals surface area (Å²) < 4.78 is 14.6. The summed E-state index contributed by atoms with van der Waals surface area (Å²) in [4.78, 5) is 8.78. The van der Waals surface area contributed by atoms with Gasteiger partial charge in [0.1, 0.15) is 16.2 Å². The molecule has 1 heterocycles. The molecule has 0 amide bonds. The topological polar surface area (TPSA) is 25.8 Å². The molecule has 0 aliphatic heterocycles. The summed E-state index contributed by atoms with van der Waals surface area (Å²) in [6.07, 6.45) is 0. The maximum absolute atomic E-state index is 13.9. The van der Waals surface area contributed by atoms with E-state index >= 15 is 0 Å². The molecule has 0 fully saturated rings. The smallest absolute Gasteiger partial charge is 0.135 e. The number of hydrogen-bond donors (Lipinski definition) is 0. The molecule has 0 unspecified atom stereocenters. The summed E-state index contributed by atoms with van der Waals surface area (Å²) in [6, 6.07) is 6.25. The zero-order chi connectivity index (χ0) is 14.2. The Balaban J connectivity index is 2.59. The minimum absolute atomic E-state index is 0.207. The highest BCUT2D eigenvalue weighted by Gasteiger charge is 2.20. The van der Waals surface area contributed by atoms with E-state index in [0.717, 1.165) is 0 Å². The number of halogens is 3. The molecule has 1 aromatic heterocycles. The van der Waals surface area contributed by atoms with E-state index in [9.17, 15) is 4.39 Å². The molecule has 2 nitrogen and oxygen atoms in total. The molecule has 100 valence electrons. The molecule has 0 N–H and O–H groups in total. The van der Waals surface area contributed by atoms with E-state index in [1.54, 1.807) is 18.2 Å². The highest BCUT2D eigenvalue weighted by molar-refractivity contribution is 9.10. The maximum atomic E-state index is 13.9. The Morgan fingerprint density at radius 2 is 1.84 bits per heavy atom. The molecule has 19 heavy (non-hydrogen) atoms. The fourth-order valence-electron chi connectivity index (χ4n) is 1.59. The fraction of sp³-hybridized carbons (Fsp3) is 0.286. The molecular formula is C14H13BrClFN2. The van der Waals surface area contributed by atoms with Crippen molar-refractivity contribution in [2.75, 3.05) is 0 Å². The first kappa shape index (κ1) is 14.4. The predicted molar refractivity (Wildman–Crippen MR) is 78.8 cm³/mol. The molecule has 0 saturated carbocycles. The molecule has 2 aromatic rings. The fourth-order valence-corrected chi connectivity index (χ4v) is 2.13. The minimum Gasteiger partial charge on any atom is -0.232 e. The molecule has 2 rings (SSSR count). The van der Waals surface area contributed by atoms with Crippen LogP contribution in [0.2, 0.25) is 5.02 Å². The van der Waals surface area contributed by atoms with E-state index < -0.39 is 5.82 Å². The number of aromatic nitrogens is 2. The van der Waals surface area contributed by atoms with Gasteiger partial charge >= 0.3 is 0 Å². The van der Waals surface area contributed by atoms with Gasteiger partial charge in [-0.3, -0.25) is 0 Å². The molecule has 0 saturated heterocycles.